The number of ether oxygens (including phenoxy) is 2. The zero-order valence-corrected chi connectivity index (χ0v) is 20.0. The van der Waals surface area contributed by atoms with Crippen LogP contribution in [0.5, 0.6) is 5.75 Å². The minimum absolute atomic E-state index is 0.101. The summed E-state index contributed by atoms with van der Waals surface area (Å²) in [7, 11) is 1.24. The van der Waals surface area contributed by atoms with E-state index in [2.05, 4.69) is 11.7 Å². The summed E-state index contributed by atoms with van der Waals surface area (Å²) in [5.41, 5.74) is -0.398. The van der Waals surface area contributed by atoms with Crippen LogP contribution in [0.2, 0.25) is 0 Å². The first-order valence-corrected chi connectivity index (χ1v) is 12.4. The summed E-state index contributed by atoms with van der Waals surface area (Å²) < 4.78 is 15.7. The quantitative estimate of drug-likeness (QED) is 0.144. The average molecular weight is 445 g/mol. The SMILES string of the molecule is CCCCCCCCCCCCCCCCOc1ccc2cc(C(=O)OC)c(=O)oc2c1. The third kappa shape index (κ3) is 9.46. The minimum Gasteiger partial charge on any atom is -0.493 e. The van der Waals surface area contributed by atoms with Crippen molar-refractivity contribution in [3.63, 3.8) is 0 Å². The number of esters is 1. The molecule has 0 aliphatic carbocycles. The van der Waals surface area contributed by atoms with Crippen molar-refractivity contribution in [2.75, 3.05) is 13.7 Å². The first kappa shape index (κ1) is 26.0. The Kier molecular flexibility index (Phi) is 12.6. The van der Waals surface area contributed by atoms with Crippen LogP contribution in [0.4, 0.5) is 0 Å². The van der Waals surface area contributed by atoms with Crippen LogP contribution in [0.1, 0.15) is 107 Å². The van der Waals surface area contributed by atoms with Crippen LogP contribution in [0, 0.1) is 0 Å². The third-order valence-electron chi connectivity index (χ3n) is 5.88. The number of carbonyl (C=O) groups is 1. The highest BCUT2D eigenvalue weighted by Crippen LogP contribution is 2.21. The fourth-order valence-corrected chi connectivity index (χ4v) is 3.92. The summed E-state index contributed by atoms with van der Waals surface area (Å²) in [5, 5.41) is 0.661. The second-order valence-electron chi connectivity index (χ2n) is 8.58. The Hall–Kier alpha value is -2.30. The normalized spacial score (nSPS) is 11.1. The van der Waals surface area contributed by atoms with Crippen LogP contribution in [-0.4, -0.2) is 19.7 Å². The molecule has 5 nitrogen and oxygen atoms in total. The number of unbranched alkanes of at least 4 members (excludes halogenated alkanes) is 13. The molecule has 178 valence electrons. The van der Waals surface area contributed by atoms with Crippen LogP contribution >= 0.6 is 0 Å². The van der Waals surface area contributed by atoms with E-state index in [1.807, 2.05) is 6.07 Å². The summed E-state index contributed by atoms with van der Waals surface area (Å²) in [6.07, 6.45) is 18.6. The Bertz CT molecular complexity index is 855. The number of benzene rings is 1. The van der Waals surface area contributed by atoms with Crippen molar-refractivity contribution in [1.29, 1.82) is 0 Å². The second-order valence-corrected chi connectivity index (χ2v) is 8.58. The van der Waals surface area contributed by atoms with Crippen molar-refractivity contribution in [3.05, 3.63) is 40.2 Å². The molecular formula is C27H40O5. The lowest BCUT2D eigenvalue weighted by Crippen LogP contribution is -2.14. The van der Waals surface area contributed by atoms with E-state index in [1.165, 1.54) is 96.6 Å². The highest BCUT2D eigenvalue weighted by molar-refractivity contribution is 5.92. The largest absolute Gasteiger partial charge is 0.493 e. The topological polar surface area (TPSA) is 65.7 Å². The first-order valence-electron chi connectivity index (χ1n) is 12.4. The molecule has 0 radical (unpaired) electrons. The average Bonchev–Trinajstić information content (AvgIpc) is 2.80. The van der Waals surface area contributed by atoms with E-state index in [9.17, 15) is 9.59 Å². The molecule has 0 saturated heterocycles. The van der Waals surface area contributed by atoms with Gasteiger partial charge in [-0.3, -0.25) is 0 Å². The molecule has 1 aromatic carbocycles. The highest BCUT2D eigenvalue weighted by atomic mass is 16.5. The maximum absolute atomic E-state index is 11.9. The molecule has 0 aliphatic rings. The maximum Gasteiger partial charge on any atom is 0.351 e. The second kappa shape index (κ2) is 15.5. The van der Waals surface area contributed by atoms with Crippen molar-refractivity contribution in [3.8, 4) is 5.75 Å². The van der Waals surface area contributed by atoms with Gasteiger partial charge in [0.15, 0.2) is 0 Å². The predicted octanol–water partition coefficient (Wildman–Crippen LogP) is 7.44. The Morgan fingerprint density at radius 1 is 0.812 bits per heavy atom. The molecule has 2 aromatic rings. The number of carbonyl (C=O) groups excluding carboxylic acids is 1. The van der Waals surface area contributed by atoms with E-state index in [0.717, 1.165) is 6.42 Å². The van der Waals surface area contributed by atoms with Crippen molar-refractivity contribution in [2.45, 2.75) is 96.8 Å². The van der Waals surface area contributed by atoms with Gasteiger partial charge in [0.2, 0.25) is 0 Å². The molecule has 2 rings (SSSR count). The molecule has 0 spiro atoms. The molecule has 0 bridgehead atoms. The fraction of sp³-hybridized carbons (Fsp3) is 0.630. The summed E-state index contributed by atoms with van der Waals surface area (Å²) in [5.74, 6) is -0.0278. The van der Waals surface area contributed by atoms with E-state index in [4.69, 9.17) is 9.15 Å². The molecule has 1 aromatic heterocycles. The summed E-state index contributed by atoms with van der Waals surface area (Å²) in [4.78, 5) is 23.6. The van der Waals surface area contributed by atoms with Gasteiger partial charge in [0, 0.05) is 11.5 Å². The number of hydrogen-bond donors (Lipinski definition) is 0. The zero-order valence-electron chi connectivity index (χ0n) is 20.0. The lowest BCUT2D eigenvalue weighted by atomic mass is 10.0. The van der Waals surface area contributed by atoms with Crippen LogP contribution in [0.25, 0.3) is 11.0 Å². The van der Waals surface area contributed by atoms with Gasteiger partial charge in [0.05, 0.1) is 13.7 Å². The molecule has 0 saturated carbocycles. The van der Waals surface area contributed by atoms with Crippen LogP contribution in [0.15, 0.2) is 33.5 Å². The maximum atomic E-state index is 11.9. The number of hydrogen-bond acceptors (Lipinski definition) is 5. The highest BCUT2D eigenvalue weighted by Gasteiger charge is 2.14. The summed E-state index contributed by atoms with van der Waals surface area (Å²) in [6.45, 7) is 2.92. The Balaban J connectivity index is 1.54. The van der Waals surface area contributed by atoms with E-state index >= 15 is 0 Å². The van der Waals surface area contributed by atoms with Gasteiger partial charge >= 0.3 is 11.6 Å². The van der Waals surface area contributed by atoms with Crippen molar-refractivity contribution in [2.24, 2.45) is 0 Å². The molecule has 0 fully saturated rings. The van der Waals surface area contributed by atoms with Gasteiger partial charge < -0.3 is 13.9 Å². The monoisotopic (exact) mass is 444 g/mol. The Morgan fingerprint density at radius 2 is 1.38 bits per heavy atom. The molecule has 0 unspecified atom stereocenters. The number of fused-ring (bicyclic) bond motifs is 1. The summed E-state index contributed by atoms with van der Waals surface area (Å²) >= 11 is 0. The predicted molar refractivity (Wildman–Crippen MR) is 130 cm³/mol. The van der Waals surface area contributed by atoms with Gasteiger partial charge in [-0.05, 0) is 24.6 Å². The molecule has 32 heavy (non-hydrogen) atoms. The van der Waals surface area contributed by atoms with Crippen molar-refractivity contribution < 1.29 is 18.7 Å². The first-order chi connectivity index (χ1) is 15.7. The summed E-state index contributed by atoms with van der Waals surface area (Å²) in [6, 6.07) is 6.80. The fourth-order valence-electron chi connectivity index (χ4n) is 3.92. The lowest BCUT2D eigenvalue weighted by molar-refractivity contribution is 0.0596. The lowest BCUT2D eigenvalue weighted by Gasteiger charge is -2.07. The van der Waals surface area contributed by atoms with Crippen molar-refractivity contribution >= 4 is 16.9 Å². The number of methoxy groups -OCH3 is 1. The molecule has 1 heterocycles. The zero-order chi connectivity index (χ0) is 23.0. The van der Waals surface area contributed by atoms with E-state index in [-0.39, 0.29) is 5.56 Å². The number of rotatable bonds is 17. The molecule has 0 amide bonds. The van der Waals surface area contributed by atoms with Gasteiger partial charge in [-0.2, -0.15) is 0 Å². The van der Waals surface area contributed by atoms with E-state index in [0.29, 0.717) is 23.3 Å². The molecular weight excluding hydrogens is 404 g/mol. The van der Waals surface area contributed by atoms with Gasteiger partial charge in [-0.15, -0.1) is 0 Å². The van der Waals surface area contributed by atoms with E-state index in [1.54, 1.807) is 12.1 Å². The molecule has 0 aliphatic heterocycles. The standard InChI is InChI=1S/C27H40O5/c1-3-4-5-6-7-8-9-10-11-12-13-14-15-16-19-31-23-18-17-22-20-24(26(28)30-2)27(29)32-25(22)21-23/h17-18,20-21H,3-16,19H2,1-2H3. The van der Waals surface area contributed by atoms with Gasteiger partial charge in [-0.25, -0.2) is 9.59 Å². The smallest absolute Gasteiger partial charge is 0.351 e. The Morgan fingerprint density at radius 3 is 1.94 bits per heavy atom. The van der Waals surface area contributed by atoms with Gasteiger partial charge in [0.1, 0.15) is 16.9 Å². The van der Waals surface area contributed by atoms with E-state index < -0.39 is 11.6 Å². The Labute approximate surface area is 192 Å². The van der Waals surface area contributed by atoms with Crippen LogP contribution < -0.4 is 10.4 Å². The third-order valence-corrected chi connectivity index (χ3v) is 5.88. The molecule has 5 heteroatoms. The van der Waals surface area contributed by atoms with Gasteiger partial charge in [-0.1, -0.05) is 90.4 Å². The van der Waals surface area contributed by atoms with Crippen LogP contribution in [0.3, 0.4) is 0 Å². The molecule has 0 N–H and O–H groups in total. The van der Waals surface area contributed by atoms with Crippen molar-refractivity contribution in [1.82, 2.24) is 0 Å². The minimum atomic E-state index is -0.700. The van der Waals surface area contributed by atoms with Crippen LogP contribution in [-0.2, 0) is 4.74 Å². The van der Waals surface area contributed by atoms with Gasteiger partial charge in [0.25, 0.3) is 0 Å². The molecule has 0 atom stereocenters.